The predicted molar refractivity (Wildman–Crippen MR) is 63.7 cm³/mol. The van der Waals surface area contributed by atoms with Gasteiger partial charge in [-0.1, -0.05) is 19.1 Å². The van der Waals surface area contributed by atoms with E-state index < -0.39 is 9.84 Å². The summed E-state index contributed by atoms with van der Waals surface area (Å²) in [7, 11) is -3.17. The van der Waals surface area contributed by atoms with Crippen molar-refractivity contribution in [3.63, 3.8) is 0 Å². The summed E-state index contributed by atoms with van der Waals surface area (Å²) >= 11 is 0. The minimum absolute atomic E-state index is 0.0104. The van der Waals surface area contributed by atoms with Gasteiger partial charge in [0.15, 0.2) is 15.8 Å². The van der Waals surface area contributed by atoms with Crippen molar-refractivity contribution in [2.24, 2.45) is 16.5 Å². The summed E-state index contributed by atoms with van der Waals surface area (Å²) < 4.78 is 23.2. The molecule has 0 spiro atoms. The van der Waals surface area contributed by atoms with E-state index in [0.717, 1.165) is 5.56 Å². The number of sulfone groups is 1. The smallest absolute Gasteiger partial charge is 0.186 e. The lowest BCUT2D eigenvalue weighted by Gasteiger charge is -2.03. The number of rotatable bonds is 4. The summed E-state index contributed by atoms with van der Waals surface area (Å²) in [4.78, 5) is 4.13. The number of benzene rings is 1. The van der Waals surface area contributed by atoms with E-state index >= 15 is 0 Å². The van der Waals surface area contributed by atoms with Gasteiger partial charge in [0, 0.05) is 0 Å². The van der Waals surface area contributed by atoms with Gasteiger partial charge in [-0.15, -0.1) is 0 Å². The quantitative estimate of drug-likeness (QED) is 0.583. The molecule has 0 aliphatic carbocycles. The molecule has 1 rings (SSSR count). The summed E-state index contributed by atoms with van der Waals surface area (Å²) in [6, 6.07) is 6.62. The molecule has 6 heteroatoms. The number of hydrogen-bond acceptors (Lipinski definition) is 3. The molecule has 0 radical (unpaired) electrons. The van der Waals surface area contributed by atoms with Crippen molar-refractivity contribution < 1.29 is 8.42 Å². The van der Waals surface area contributed by atoms with Crippen LogP contribution in [0.5, 0.6) is 0 Å². The Kier molecular flexibility index (Phi) is 3.89. The second kappa shape index (κ2) is 4.98. The highest BCUT2D eigenvalue weighted by molar-refractivity contribution is 7.91. The zero-order valence-corrected chi connectivity index (χ0v) is 9.87. The average molecular weight is 241 g/mol. The molecule has 4 N–H and O–H groups in total. The van der Waals surface area contributed by atoms with Crippen LogP contribution in [0.2, 0.25) is 0 Å². The van der Waals surface area contributed by atoms with E-state index in [2.05, 4.69) is 4.99 Å². The molecule has 0 heterocycles. The molecule has 1 aromatic rings. The average Bonchev–Trinajstić information content (AvgIpc) is 2.27. The van der Waals surface area contributed by atoms with Gasteiger partial charge in [0.1, 0.15) is 0 Å². The summed E-state index contributed by atoms with van der Waals surface area (Å²) in [6.45, 7) is 1.90. The van der Waals surface area contributed by atoms with E-state index in [1.165, 1.54) is 0 Å². The summed E-state index contributed by atoms with van der Waals surface area (Å²) in [6.07, 6.45) is 0. The zero-order valence-electron chi connectivity index (χ0n) is 9.05. The Hall–Kier alpha value is -1.56. The molecule has 0 amide bonds. The molecular weight excluding hydrogens is 226 g/mol. The van der Waals surface area contributed by atoms with Crippen LogP contribution in [0, 0.1) is 0 Å². The molecule has 0 saturated carbocycles. The Morgan fingerprint density at radius 3 is 2.62 bits per heavy atom. The van der Waals surface area contributed by atoms with Crippen molar-refractivity contribution in [2.75, 3.05) is 5.75 Å². The largest absolute Gasteiger partial charge is 0.370 e. The molecule has 1 aromatic carbocycles. The lowest BCUT2D eigenvalue weighted by atomic mass is 10.2. The highest BCUT2D eigenvalue weighted by Gasteiger charge is 2.11. The lowest BCUT2D eigenvalue weighted by molar-refractivity contribution is 0.597. The molecule has 0 aromatic heterocycles. The summed E-state index contributed by atoms with van der Waals surface area (Å²) in [5.41, 5.74) is 11.2. The normalized spacial score (nSPS) is 11.1. The van der Waals surface area contributed by atoms with E-state index in [-0.39, 0.29) is 18.3 Å². The van der Waals surface area contributed by atoms with E-state index in [1.807, 2.05) is 0 Å². The molecule has 88 valence electrons. The molecule has 0 bridgehead atoms. The molecule has 0 aliphatic rings. The lowest BCUT2D eigenvalue weighted by Crippen LogP contribution is -2.22. The third-order valence-corrected chi connectivity index (χ3v) is 3.81. The number of aliphatic imine (C=N–C) groups is 1. The van der Waals surface area contributed by atoms with Crippen LogP contribution in [0.25, 0.3) is 0 Å². The molecular formula is C10H15N3O2S. The maximum atomic E-state index is 11.6. The highest BCUT2D eigenvalue weighted by atomic mass is 32.2. The maximum absolute atomic E-state index is 11.6. The van der Waals surface area contributed by atoms with Gasteiger partial charge in [-0.25, -0.2) is 13.4 Å². The number of nitrogens with zero attached hydrogens (tertiary/aromatic N) is 1. The fourth-order valence-electron chi connectivity index (χ4n) is 1.19. The van der Waals surface area contributed by atoms with Crippen molar-refractivity contribution in [3.05, 3.63) is 29.8 Å². The Balaban J connectivity index is 3.01. The molecule has 0 fully saturated rings. The molecule has 0 aliphatic heterocycles. The Labute approximate surface area is 95.1 Å². The van der Waals surface area contributed by atoms with Crippen LogP contribution >= 0.6 is 0 Å². The minimum Gasteiger partial charge on any atom is -0.370 e. The number of nitrogens with two attached hydrogens (primary N) is 2. The van der Waals surface area contributed by atoms with E-state index in [4.69, 9.17) is 11.5 Å². The topological polar surface area (TPSA) is 98.5 Å². The number of guanidine groups is 1. The van der Waals surface area contributed by atoms with Gasteiger partial charge in [0.05, 0.1) is 17.2 Å². The van der Waals surface area contributed by atoms with Gasteiger partial charge in [-0.3, -0.25) is 0 Å². The SMILES string of the molecule is CCS(=O)(=O)c1cccc(CN=C(N)N)c1. The van der Waals surface area contributed by atoms with Crippen LogP contribution in [0.3, 0.4) is 0 Å². The number of hydrogen-bond donors (Lipinski definition) is 2. The Morgan fingerprint density at radius 2 is 2.06 bits per heavy atom. The van der Waals surface area contributed by atoms with E-state index in [1.54, 1.807) is 31.2 Å². The van der Waals surface area contributed by atoms with Gasteiger partial charge in [-0.2, -0.15) is 0 Å². The first-order chi connectivity index (χ1) is 7.45. The first kappa shape index (κ1) is 12.5. The van der Waals surface area contributed by atoms with Crippen molar-refractivity contribution in [1.29, 1.82) is 0 Å². The first-order valence-electron chi connectivity index (χ1n) is 4.83. The van der Waals surface area contributed by atoms with Gasteiger partial charge < -0.3 is 11.5 Å². The third-order valence-electron chi connectivity index (χ3n) is 2.08. The van der Waals surface area contributed by atoms with Gasteiger partial charge >= 0.3 is 0 Å². The van der Waals surface area contributed by atoms with E-state index in [9.17, 15) is 8.42 Å². The summed E-state index contributed by atoms with van der Waals surface area (Å²) in [5, 5.41) is 0. The van der Waals surface area contributed by atoms with Gasteiger partial charge in [-0.05, 0) is 17.7 Å². The predicted octanol–water partition coefficient (Wildman–Crippen LogP) is 0.254. The van der Waals surface area contributed by atoms with Gasteiger partial charge in [0.2, 0.25) is 0 Å². The fraction of sp³-hybridized carbons (Fsp3) is 0.300. The second-order valence-electron chi connectivity index (χ2n) is 3.29. The molecule has 16 heavy (non-hydrogen) atoms. The van der Waals surface area contributed by atoms with Crippen LogP contribution in [0.15, 0.2) is 34.2 Å². The van der Waals surface area contributed by atoms with Crippen LogP contribution in [0.1, 0.15) is 12.5 Å². The monoisotopic (exact) mass is 241 g/mol. The Bertz CT molecular complexity index is 491. The zero-order chi connectivity index (χ0) is 12.2. The van der Waals surface area contributed by atoms with Crippen molar-refractivity contribution in [3.8, 4) is 0 Å². The van der Waals surface area contributed by atoms with Crippen molar-refractivity contribution in [1.82, 2.24) is 0 Å². The molecule has 0 saturated heterocycles. The highest BCUT2D eigenvalue weighted by Crippen LogP contribution is 2.13. The molecule has 0 atom stereocenters. The summed E-state index contributed by atoms with van der Waals surface area (Å²) in [5.74, 6) is 0.0717. The standard InChI is InChI=1S/C10H15N3O2S/c1-2-16(14,15)9-5-3-4-8(6-9)7-13-10(11)12/h3-6H,2,7H2,1H3,(H4,11,12,13). The molecule has 0 unspecified atom stereocenters. The van der Waals surface area contributed by atoms with Crippen LogP contribution in [-0.2, 0) is 16.4 Å². The third kappa shape index (κ3) is 3.23. The first-order valence-corrected chi connectivity index (χ1v) is 6.48. The maximum Gasteiger partial charge on any atom is 0.186 e. The van der Waals surface area contributed by atoms with Crippen LogP contribution in [0.4, 0.5) is 0 Å². The fourth-order valence-corrected chi connectivity index (χ4v) is 2.14. The second-order valence-corrected chi connectivity index (χ2v) is 5.57. The van der Waals surface area contributed by atoms with Crippen LogP contribution < -0.4 is 11.5 Å². The van der Waals surface area contributed by atoms with E-state index in [0.29, 0.717) is 4.90 Å². The Morgan fingerprint density at radius 1 is 1.38 bits per heavy atom. The van der Waals surface area contributed by atoms with Crippen molar-refractivity contribution in [2.45, 2.75) is 18.4 Å². The molecule has 5 nitrogen and oxygen atoms in total. The minimum atomic E-state index is -3.17. The van der Waals surface area contributed by atoms with Crippen molar-refractivity contribution >= 4 is 15.8 Å². The van der Waals surface area contributed by atoms with Gasteiger partial charge in [0.25, 0.3) is 0 Å². The van der Waals surface area contributed by atoms with Crippen LogP contribution in [-0.4, -0.2) is 20.1 Å².